The van der Waals surface area contributed by atoms with Crippen molar-refractivity contribution in [3.63, 3.8) is 0 Å². The highest BCUT2D eigenvalue weighted by atomic mass is 19.1. The van der Waals surface area contributed by atoms with Gasteiger partial charge in [0.05, 0.1) is 12.2 Å². The predicted octanol–water partition coefficient (Wildman–Crippen LogP) is 1.54. The number of aliphatic hydroxyl groups is 1. The molecule has 1 aromatic carbocycles. The molecule has 2 aromatic rings. The number of rotatable bonds is 4. The number of aromatic nitrogens is 1. The topological polar surface area (TPSA) is 65.1 Å². The molecule has 1 aromatic heterocycles. The van der Waals surface area contributed by atoms with Crippen LogP contribution in [0.3, 0.4) is 0 Å². The second kappa shape index (κ2) is 5.46. The first-order valence-corrected chi connectivity index (χ1v) is 5.54. The molecule has 18 heavy (non-hydrogen) atoms. The van der Waals surface area contributed by atoms with Gasteiger partial charge in [0, 0.05) is 24.5 Å². The Kier molecular flexibility index (Phi) is 3.74. The fraction of sp³-hybridized carbons (Fsp3) is 0.154. The lowest BCUT2D eigenvalue weighted by molar-refractivity contribution is 0.0945. The lowest BCUT2D eigenvalue weighted by Gasteiger charge is -2.05. The molecule has 0 saturated carbocycles. The maximum Gasteiger partial charge on any atom is 0.253 e. The zero-order valence-electron chi connectivity index (χ0n) is 9.61. The van der Waals surface area contributed by atoms with Crippen LogP contribution < -0.4 is 5.32 Å². The first-order valence-electron chi connectivity index (χ1n) is 5.54. The summed E-state index contributed by atoms with van der Waals surface area (Å²) in [4.78, 5) is 14.7. The van der Waals surface area contributed by atoms with Gasteiger partial charge < -0.3 is 15.4 Å². The second-order valence-electron chi connectivity index (χ2n) is 3.77. The third-order valence-corrected chi connectivity index (χ3v) is 2.54. The van der Waals surface area contributed by atoms with Gasteiger partial charge in [-0.1, -0.05) is 12.1 Å². The van der Waals surface area contributed by atoms with Crippen molar-refractivity contribution < 1.29 is 14.3 Å². The number of H-pyrrole nitrogens is 1. The van der Waals surface area contributed by atoms with Crippen molar-refractivity contribution in [2.45, 2.75) is 0 Å². The van der Waals surface area contributed by atoms with Gasteiger partial charge in [0.2, 0.25) is 0 Å². The van der Waals surface area contributed by atoms with Gasteiger partial charge in [0.15, 0.2) is 0 Å². The molecule has 94 valence electrons. The van der Waals surface area contributed by atoms with Crippen LogP contribution in [0.4, 0.5) is 4.39 Å². The molecule has 0 bridgehead atoms. The summed E-state index contributed by atoms with van der Waals surface area (Å²) in [6, 6.07) is 5.91. The summed E-state index contributed by atoms with van der Waals surface area (Å²) in [6.45, 7) is 0.0922. The maximum absolute atomic E-state index is 12.8. The van der Waals surface area contributed by atoms with E-state index in [2.05, 4.69) is 10.3 Å². The van der Waals surface area contributed by atoms with Crippen molar-refractivity contribution >= 4 is 5.91 Å². The molecule has 1 amide bonds. The highest BCUT2D eigenvalue weighted by molar-refractivity contribution is 6.00. The number of halogens is 1. The van der Waals surface area contributed by atoms with E-state index in [0.717, 1.165) is 5.56 Å². The van der Waals surface area contributed by atoms with E-state index < -0.39 is 0 Å². The third kappa shape index (κ3) is 2.57. The van der Waals surface area contributed by atoms with E-state index >= 15 is 0 Å². The van der Waals surface area contributed by atoms with Crippen LogP contribution in [0.1, 0.15) is 10.4 Å². The van der Waals surface area contributed by atoms with E-state index in [1.807, 2.05) is 0 Å². The average molecular weight is 248 g/mol. The number of amides is 1. The molecule has 0 saturated heterocycles. The third-order valence-electron chi connectivity index (χ3n) is 2.54. The molecule has 4 nitrogen and oxygen atoms in total. The molecule has 0 atom stereocenters. The molecule has 5 heteroatoms. The molecular weight excluding hydrogens is 235 g/mol. The SMILES string of the molecule is O=C(NCCO)c1c[nH]cc1-c1ccc(F)cc1. The van der Waals surface area contributed by atoms with Crippen molar-refractivity contribution in [2.75, 3.05) is 13.2 Å². The fourth-order valence-corrected chi connectivity index (χ4v) is 1.68. The van der Waals surface area contributed by atoms with Crippen molar-refractivity contribution in [3.05, 3.63) is 48.0 Å². The van der Waals surface area contributed by atoms with E-state index in [1.54, 1.807) is 24.5 Å². The van der Waals surface area contributed by atoms with Crippen molar-refractivity contribution in [3.8, 4) is 11.1 Å². The number of hydrogen-bond acceptors (Lipinski definition) is 2. The van der Waals surface area contributed by atoms with Crippen molar-refractivity contribution in [1.82, 2.24) is 10.3 Å². The quantitative estimate of drug-likeness (QED) is 0.768. The number of benzene rings is 1. The smallest absolute Gasteiger partial charge is 0.253 e. The number of carbonyl (C=O) groups is 1. The largest absolute Gasteiger partial charge is 0.395 e. The summed E-state index contributed by atoms with van der Waals surface area (Å²) in [7, 11) is 0. The van der Waals surface area contributed by atoms with Gasteiger partial charge in [-0.2, -0.15) is 0 Å². The van der Waals surface area contributed by atoms with E-state index in [1.165, 1.54) is 12.1 Å². The molecule has 0 spiro atoms. The summed E-state index contributed by atoms with van der Waals surface area (Å²) in [6.07, 6.45) is 3.26. The Bertz CT molecular complexity index is 534. The number of aliphatic hydroxyl groups excluding tert-OH is 1. The van der Waals surface area contributed by atoms with Crippen molar-refractivity contribution in [2.24, 2.45) is 0 Å². The minimum absolute atomic E-state index is 0.109. The summed E-state index contributed by atoms with van der Waals surface area (Å²) in [5, 5.41) is 11.2. The number of hydrogen-bond donors (Lipinski definition) is 3. The molecule has 0 radical (unpaired) electrons. The molecule has 3 N–H and O–H groups in total. The molecule has 0 aliphatic carbocycles. The fourth-order valence-electron chi connectivity index (χ4n) is 1.68. The van der Waals surface area contributed by atoms with Crippen LogP contribution in [0, 0.1) is 5.82 Å². The van der Waals surface area contributed by atoms with Crippen LogP contribution in [0.25, 0.3) is 11.1 Å². The number of aromatic amines is 1. The van der Waals surface area contributed by atoms with E-state index in [0.29, 0.717) is 11.1 Å². The standard InChI is InChI=1S/C13H13FN2O2/c14-10-3-1-9(2-4-10)11-7-15-8-12(11)13(18)16-5-6-17/h1-4,7-8,15,17H,5-6H2,(H,16,18). The van der Waals surface area contributed by atoms with Gasteiger partial charge in [-0.3, -0.25) is 4.79 Å². The lowest BCUT2D eigenvalue weighted by Crippen LogP contribution is -2.26. The van der Waals surface area contributed by atoms with Crippen LogP contribution in [0.5, 0.6) is 0 Å². The van der Waals surface area contributed by atoms with Crippen LogP contribution in [0.2, 0.25) is 0 Å². The van der Waals surface area contributed by atoms with Crippen molar-refractivity contribution in [1.29, 1.82) is 0 Å². The zero-order valence-corrected chi connectivity index (χ0v) is 9.61. The summed E-state index contributed by atoms with van der Waals surface area (Å²) in [5.74, 6) is -0.592. The Labute approximate surface area is 103 Å². The molecule has 0 fully saturated rings. The van der Waals surface area contributed by atoms with Crippen LogP contribution in [0.15, 0.2) is 36.7 Å². The zero-order chi connectivity index (χ0) is 13.0. The first kappa shape index (κ1) is 12.3. The molecule has 2 rings (SSSR count). The molecule has 0 aliphatic heterocycles. The Balaban J connectivity index is 2.27. The highest BCUT2D eigenvalue weighted by Crippen LogP contribution is 2.23. The summed E-state index contributed by atoms with van der Waals surface area (Å²) >= 11 is 0. The summed E-state index contributed by atoms with van der Waals surface area (Å²) < 4.78 is 12.8. The average Bonchev–Trinajstić information content (AvgIpc) is 2.86. The highest BCUT2D eigenvalue weighted by Gasteiger charge is 2.13. The Morgan fingerprint density at radius 1 is 1.28 bits per heavy atom. The minimum atomic E-state index is -0.319. The molecule has 1 heterocycles. The van der Waals surface area contributed by atoms with Gasteiger partial charge in [-0.15, -0.1) is 0 Å². The molecule has 0 unspecified atom stereocenters. The minimum Gasteiger partial charge on any atom is -0.395 e. The van der Waals surface area contributed by atoms with Gasteiger partial charge >= 0.3 is 0 Å². The Morgan fingerprint density at radius 3 is 2.67 bits per heavy atom. The lowest BCUT2D eigenvalue weighted by atomic mass is 10.0. The number of nitrogens with one attached hydrogen (secondary N) is 2. The van der Waals surface area contributed by atoms with Gasteiger partial charge in [-0.25, -0.2) is 4.39 Å². The van der Waals surface area contributed by atoms with Crippen LogP contribution >= 0.6 is 0 Å². The first-order chi connectivity index (χ1) is 8.72. The molecule has 0 aliphatic rings. The Hall–Kier alpha value is -2.14. The van der Waals surface area contributed by atoms with E-state index in [-0.39, 0.29) is 24.9 Å². The summed E-state index contributed by atoms with van der Waals surface area (Å²) in [5.41, 5.74) is 1.92. The predicted molar refractivity (Wildman–Crippen MR) is 65.6 cm³/mol. The van der Waals surface area contributed by atoms with Gasteiger partial charge in [0.1, 0.15) is 5.82 Å². The maximum atomic E-state index is 12.8. The number of carbonyl (C=O) groups excluding carboxylic acids is 1. The second-order valence-corrected chi connectivity index (χ2v) is 3.77. The van der Waals surface area contributed by atoms with E-state index in [4.69, 9.17) is 5.11 Å². The van der Waals surface area contributed by atoms with Gasteiger partial charge in [-0.05, 0) is 17.7 Å². The molecular formula is C13H13FN2O2. The van der Waals surface area contributed by atoms with Gasteiger partial charge in [0.25, 0.3) is 5.91 Å². The van der Waals surface area contributed by atoms with Crippen LogP contribution in [-0.4, -0.2) is 29.1 Å². The van der Waals surface area contributed by atoms with Crippen LogP contribution in [-0.2, 0) is 0 Å². The van der Waals surface area contributed by atoms with E-state index in [9.17, 15) is 9.18 Å². The monoisotopic (exact) mass is 248 g/mol. The normalized spacial score (nSPS) is 10.3. The Morgan fingerprint density at radius 2 is 2.00 bits per heavy atom.